The predicted molar refractivity (Wildman–Crippen MR) is 110 cm³/mol. The lowest BCUT2D eigenvalue weighted by Crippen LogP contribution is -2.51. The largest absolute Gasteiger partial charge is 0.382 e. The number of carbonyl (C=O) groups excluding carboxylic acids is 2. The predicted octanol–water partition coefficient (Wildman–Crippen LogP) is 2.49. The molecule has 1 aliphatic carbocycles. The van der Waals surface area contributed by atoms with Crippen LogP contribution >= 0.6 is 0 Å². The van der Waals surface area contributed by atoms with Crippen LogP contribution in [-0.4, -0.2) is 35.7 Å². The van der Waals surface area contributed by atoms with Gasteiger partial charge >= 0.3 is 0 Å². The van der Waals surface area contributed by atoms with Gasteiger partial charge in [0.25, 0.3) is 5.91 Å². The Hall–Kier alpha value is -3.15. The third kappa shape index (κ3) is 5.02. The van der Waals surface area contributed by atoms with Crippen LogP contribution in [0.1, 0.15) is 36.0 Å². The van der Waals surface area contributed by atoms with Gasteiger partial charge in [0.1, 0.15) is 6.04 Å². The molecule has 6 heteroatoms. The molecule has 150 valence electrons. The maximum atomic E-state index is 12.8. The number of hydrogen-bond donors (Lipinski definition) is 2. The minimum absolute atomic E-state index is 0.151. The Bertz CT molecular complexity index is 905. The van der Waals surface area contributed by atoms with E-state index in [2.05, 4.69) is 15.8 Å². The van der Waals surface area contributed by atoms with Crippen molar-refractivity contribution in [2.75, 3.05) is 0 Å². The molecule has 2 aromatic carbocycles. The van der Waals surface area contributed by atoms with E-state index in [0.717, 1.165) is 35.2 Å². The summed E-state index contributed by atoms with van der Waals surface area (Å²) in [4.78, 5) is 30.8. The fourth-order valence-corrected chi connectivity index (χ4v) is 3.29. The first-order valence-electron chi connectivity index (χ1n) is 10.0. The first-order valence-corrected chi connectivity index (χ1v) is 10.0. The van der Waals surface area contributed by atoms with E-state index in [0.29, 0.717) is 12.8 Å². The van der Waals surface area contributed by atoms with Crippen LogP contribution in [0.4, 0.5) is 0 Å². The molecule has 0 unspecified atom stereocenters. The van der Waals surface area contributed by atoms with E-state index in [1.807, 2.05) is 61.5 Å². The Balaban J connectivity index is 1.39. The van der Waals surface area contributed by atoms with Crippen LogP contribution in [0.15, 0.2) is 59.8 Å². The Morgan fingerprint density at radius 2 is 1.83 bits per heavy atom. The second kappa shape index (κ2) is 8.47. The Kier molecular flexibility index (Phi) is 5.60. The van der Waals surface area contributed by atoms with Gasteiger partial charge in [0.15, 0.2) is 0 Å². The van der Waals surface area contributed by atoms with Crippen LogP contribution in [0.5, 0.6) is 0 Å². The highest BCUT2D eigenvalue weighted by molar-refractivity contribution is 6.04. The van der Waals surface area contributed by atoms with Gasteiger partial charge in [0, 0.05) is 18.9 Å². The zero-order chi connectivity index (χ0) is 20.2. The number of nitrogens with one attached hydrogen (secondary N) is 2. The van der Waals surface area contributed by atoms with Gasteiger partial charge in [-0.25, -0.2) is 0 Å². The van der Waals surface area contributed by atoms with Crippen molar-refractivity contribution in [2.45, 2.75) is 50.8 Å². The van der Waals surface area contributed by atoms with E-state index in [4.69, 9.17) is 4.84 Å². The highest BCUT2D eigenvalue weighted by Crippen LogP contribution is 2.20. The molecule has 0 saturated heterocycles. The number of nitrogens with zero attached hydrogens (tertiary/aromatic N) is 1. The number of hydrogen-bond acceptors (Lipinski definition) is 4. The molecule has 1 saturated carbocycles. The second-order valence-corrected chi connectivity index (χ2v) is 7.74. The van der Waals surface area contributed by atoms with Crippen molar-refractivity contribution in [3.05, 3.63) is 71.3 Å². The van der Waals surface area contributed by atoms with E-state index < -0.39 is 12.1 Å². The molecule has 2 aliphatic rings. The van der Waals surface area contributed by atoms with Gasteiger partial charge < -0.3 is 15.5 Å². The molecule has 4 rings (SSSR count). The van der Waals surface area contributed by atoms with Gasteiger partial charge in [0.05, 0.1) is 5.71 Å². The molecule has 1 heterocycles. The van der Waals surface area contributed by atoms with Gasteiger partial charge in [0.2, 0.25) is 12.0 Å². The molecule has 2 aromatic rings. The summed E-state index contributed by atoms with van der Waals surface area (Å²) in [5.41, 5.74) is 3.84. The standard InChI is InChI=1S/C23H25N3O3/c1-15-7-9-17(10-8-15)19-14-21(29-26-19)23(28)25-20(22(27)24-18-11-12-18)13-16-5-3-2-4-6-16/h2-10,18,20-21H,11-14H2,1H3,(H,24,27)(H,25,28)/t20-,21-/m1/s1. The number of aryl methyl sites for hydroxylation is 1. The van der Waals surface area contributed by atoms with Crippen molar-refractivity contribution in [3.63, 3.8) is 0 Å². The SMILES string of the molecule is Cc1ccc(C2=NO[C@@H](C(=O)N[C@H](Cc3ccccc3)C(=O)NC3CC3)C2)cc1. The molecular formula is C23H25N3O3. The summed E-state index contributed by atoms with van der Waals surface area (Å²) in [6, 6.07) is 17.2. The molecule has 29 heavy (non-hydrogen) atoms. The zero-order valence-electron chi connectivity index (χ0n) is 16.4. The monoisotopic (exact) mass is 391 g/mol. The van der Waals surface area contributed by atoms with Crippen molar-refractivity contribution in [1.29, 1.82) is 0 Å². The topological polar surface area (TPSA) is 79.8 Å². The van der Waals surface area contributed by atoms with Crippen molar-refractivity contribution < 1.29 is 14.4 Å². The van der Waals surface area contributed by atoms with Crippen LogP contribution in [0.3, 0.4) is 0 Å². The average Bonchev–Trinajstić information content (AvgIpc) is 3.40. The Morgan fingerprint density at radius 3 is 2.52 bits per heavy atom. The van der Waals surface area contributed by atoms with Crippen molar-refractivity contribution in [3.8, 4) is 0 Å². The zero-order valence-corrected chi connectivity index (χ0v) is 16.4. The average molecular weight is 391 g/mol. The fraction of sp³-hybridized carbons (Fsp3) is 0.348. The third-order valence-corrected chi connectivity index (χ3v) is 5.19. The minimum Gasteiger partial charge on any atom is -0.382 e. The van der Waals surface area contributed by atoms with Crippen molar-refractivity contribution >= 4 is 17.5 Å². The van der Waals surface area contributed by atoms with E-state index in [1.165, 1.54) is 0 Å². The summed E-state index contributed by atoms with van der Waals surface area (Å²) >= 11 is 0. The van der Waals surface area contributed by atoms with Crippen LogP contribution < -0.4 is 10.6 Å². The van der Waals surface area contributed by atoms with Crippen LogP contribution in [0.2, 0.25) is 0 Å². The van der Waals surface area contributed by atoms with Crippen LogP contribution in [0, 0.1) is 6.92 Å². The number of rotatable bonds is 7. The van der Waals surface area contributed by atoms with Crippen molar-refractivity contribution in [1.82, 2.24) is 10.6 Å². The number of amides is 2. The normalized spacial score (nSPS) is 19.1. The molecule has 2 atom stereocenters. The maximum Gasteiger partial charge on any atom is 0.265 e. The highest BCUT2D eigenvalue weighted by atomic mass is 16.6. The summed E-state index contributed by atoms with van der Waals surface area (Å²) in [5, 5.41) is 9.95. The highest BCUT2D eigenvalue weighted by Gasteiger charge is 2.33. The van der Waals surface area contributed by atoms with E-state index in [-0.39, 0.29) is 17.9 Å². The van der Waals surface area contributed by atoms with Crippen LogP contribution in [0.25, 0.3) is 0 Å². The molecule has 1 aliphatic heterocycles. The molecular weight excluding hydrogens is 366 g/mol. The Morgan fingerprint density at radius 1 is 1.10 bits per heavy atom. The quantitative estimate of drug-likeness (QED) is 0.761. The fourth-order valence-electron chi connectivity index (χ4n) is 3.29. The number of oxime groups is 1. The summed E-state index contributed by atoms with van der Waals surface area (Å²) in [6.45, 7) is 2.02. The summed E-state index contributed by atoms with van der Waals surface area (Å²) < 4.78 is 0. The van der Waals surface area contributed by atoms with Crippen LogP contribution in [-0.2, 0) is 20.8 Å². The number of carbonyl (C=O) groups is 2. The van der Waals surface area contributed by atoms with Gasteiger partial charge in [-0.1, -0.05) is 65.3 Å². The summed E-state index contributed by atoms with van der Waals surface area (Å²) in [5.74, 6) is -0.467. The summed E-state index contributed by atoms with van der Waals surface area (Å²) in [7, 11) is 0. The molecule has 0 radical (unpaired) electrons. The van der Waals surface area contributed by atoms with Crippen molar-refractivity contribution in [2.24, 2.45) is 5.16 Å². The van der Waals surface area contributed by atoms with E-state index >= 15 is 0 Å². The molecule has 0 bridgehead atoms. The van der Waals surface area contributed by atoms with Gasteiger partial charge in [-0.05, 0) is 30.9 Å². The minimum atomic E-state index is -0.724. The summed E-state index contributed by atoms with van der Waals surface area (Å²) in [6.07, 6.45) is 2.09. The molecule has 1 fully saturated rings. The molecule has 0 spiro atoms. The smallest absolute Gasteiger partial charge is 0.265 e. The second-order valence-electron chi connectivity index (χ2n) is 7.74. The lowest BCUT2D eigenvalue weighted by atomic mass is 10.0. The van der Waals surface area contributed by atoms with Gasteiger partial charge in [-0.15, -0.1) is 0 Å². The van der Waals surface area contributed by atoms with Gasteiger partial charge in [-0.2, -0.15) is 0 Å². The first-order chi connectivity index (χ1) is 14.1. The molecule has 2 N–H and O–H groups in total. The molecule has 2 amide bonds. The van der Waals surface area contributed by atoms with E-state index in [9.17, 15) is 9.59 Å². The molecule has 6 nitrogen and oxygen atoms in total. The van der Waals surface area contributed by atoms with E-state index in [1.54, 1.807) is 0 Å². The first kappa shape index (κ1) is 19.2. The third-order valence-electron chi connectivity index (χ3n) is 5.19. The number of benzene rings is 2. The van der Waals surface area contributed by atoms with Gasteiger partial charge in [-0.3, -0.25) is 9.59 Å². The lowest BCUT2D eigenvalue weighted by Gasteiger charge is -2.20. The lowest BCUT2D eigenvalue weighted by molar-refractivity contribution is -0.135. The molecule has 0 aromatic heterocycles. The maximum absolute atomic E-state index is 12.8. The Labute approximate surface area is 170 Å².